The molecule has 3 aromatic rings. The lowest BCUT2D eigenvalue weighted by Gasteiger charge is -2.17. The van der Waals surface area contributed by atoms with Gasteiger partial charge in [-0.2, -0.15) is 0 Å². The number of benzene rings is 2. The molecular weight excluding hydrogens is 278 g/mol. The van der Waals surface area contributed by atoms with Crippen molar-refractivity contribution >= 4 is 0 Å². The smallest absolute Gasteiger partial charge is 0.0270 e. The van der Waals surface area contributed by atoms with Crippen molar-refractivity contribution in [1.29, 1.82) is 0 Å². The third-order valence-corrected chi connectivity index (χ3v) is 4.43. The summed E-state index contributed by atoms with van der Waals surface area (Å²) in [7, 11) is 0. The second kappa shape index (κ2) is 8.28. The summed E-state index contributed by atoms with van der Waals surface area (Å²) in [6, 6.07) is 25.9. The molecular formula is C22H23N. The van der Waals surface area contributed by atoms with E-state index in [4.69, 9.17) is 0 Å². The first-order chi connectivity index (χ1) is 11.4. The number of hydrogen-bond acceptors (Lipinski definition) is 1. The highest BCUT2D eigenvalue weighted by Crippen LogP contribution is 2.26. The van der Waals surface area contributed by atoms with Crippen LogP contribution in [0.15, 0.2) is 85.2 Å². The Balaban J connectivity index is 1.66. The Labute approximate surface area is 139 Å². The summed E-state index contributed by atoms with van der Waals surface area (Å²) in [5, 5.41) is 0. The summed E-state index contributed by atoms with van der Waals surface area (Å²) in [6.45, 7) is 0. The lowest BCUT2D eigenvalue weighted by atomic mass is 9.88. The van der Waals surface area contributed by atoms with Crippen molar-refractivity contribution in [3.63, 3.8) is 0 Å². The van der Waals surface area contributed by atoms with E-state index >= 15 is 0 Å². The van der Waals surface area contributed by atoms with Crippen LogP contribution < -0.4 is 0 Å². The van der Waals surface area contributed by atoms with Crippen LogP contribution in [0.1, 0.15) is 35.4 Å². The third kappa shape index (κ3) is 4.79. The van der Waals surface area contributed by atoms with Crippen molar-refractivity contribution in [3.05, 3.63) is 102 Å². The Hall–Kier alpha value is -2.41. The highest BCUT2D eigenvalue weighted by Gasteiger charge is 2.12. The Morgan fingerprint density at radius 3 is 1.57 bits per heavy atom. The van der Waals surface area contributed by atoms with Crippen LogP contribution in [0.25, 0.3) is 0 Å². The molecule has 0 radical (unpaired) electrons. The highest BCUT2D eigenvalue weighted by molar-refractivity contribution is 5.20. The topological polar surface area (TPSA) is 12.9 Å². The van der Waals surface area contributed by atoms with Crippen LogP contribution >= 0.6 is 0 Å². The highest BCUT2D eigenvalue weighted by atomic mass is 14.6. The van der Waals surface area contributed by atoms with Crippen molar-refractivity contribution < 1.29 is 0 Å². The van der Waals surface area contributed by atoms with Gasteiger partial charge in [0, 0.05) is 12.4 Å². The van der Waals surface area contributed by atoms with Gasteiger partial charge in [0.25, 0.3) is 0 Å². The van der Waals surface area contributed by atoms with E-state index in [1.165, 1.54) is 29.5 Å². The van der Waals surface area contributed by atoms with Gasteiger partial charge in [0.15, 0.2) is 0 Å². The van der Waals surface area contributed by atoms with E-state index in [0.717, 1.165) is 12.8 Å². The van der Waals surface area contributed by atoms with Gasteiger partial charge in [-0.05, 0) is 60.4 Å². The molecule has 0 atom stereocenters. The SMILES string of the molecule is c1ccc(CCC(CCc2ccccc2)c2ccncc2)cc1. The van der Waals surface area contributed by atoms with Crippen LogP contribution in [0.2, 0.25) is 0 Å². The summed E-state index contributed by atoms with van der Waals surface area (Å²) < 4.78 is 0. The van der Waals surface area contributed by atoms with Crippen LogP contribution in [0.4, 0.5) is 0 Å². The van der Waals surface area contributed by atoms with Crippen LogP contribution in [-0.2, 0) is 12.8 Å². The zero-order valence-corrected chi connectivity index (χ0v) is 13.4. The van der Waals surface area contributed by atoms with Gasteiger partial charge in [-0.15, -0.1) is 0 Å². The van der Waals surface area contributed by atoms with E-state index in [2.05, 4.69) is 77.8 Å². The Kier molecular flexibility index (Phi) is 5.58. The molecule has 116 valence electrons. The number of pyridine rings is 1. The second-order valence-electron chi connectivity index (χ2n) is 6.03. The van der Waals surface area contributed by atoms with Crippen molar-refractivity contribution in [3.8, 4) is 0 Å². The first kappa shape index (κ1) is 15.5. The van der Waals surface area contributed by atoms with E-state index in [9.17, 15) is 0 Å². The maximum Gasteiger partial charge on any atom is 0.0270 e. The molecule has 0 saturated heterocycles. The molecule has 0 unspecified atom stereocenters. The molecule has 1 heteroatoms. The molecule has 0 spiro atoms. The summed E-state index contributed by atoms with van der Waals surface area (Å²) in [4.78, 5) is 4.16. The van der Waals surface area contributed by atoms with Gasteiger partial charge in [0.05, 0.1) is 0 Å². The maximum absolute atomic E-state index is 4.16. The first-order valence-corrected chi connectivity index (χ1v) is 8.39. The summed E-state index contributed by atoms with van der Waals surface area (Å²) in [5.74, 6) is 0.582. The molecule has 0 aliphatic heterocycles. The van der Waals surface area contributed by atoms with Crippen LogP contribution in [0.5, 0.6) is 0 Å². The fraction of sp³-hybridized carbons (Fsp3) is 0.227. The molecule has 0 fully saturated rings. The largest absolute Gasteiger partial charge is 0.265 e. The van der Waals surface area contributed by atoms with Crippen molar-refractivity contribution in [1.82, 2.24) is 4.98 Å². The molecule has 1 aromatic heterocycles. The number of hydrogen-bond donors (Lipinski definition) is 0. The minimum absolute atomic E-state index is 0.582. The standard InChI is InChI=1S/C22H23N/c1-3-7-19(8-4-1)11-13-21(22-15-17-23-18-16-22)14-12-20-9-5-2-6-10-20/h1-10,15-18,21H,11-14H2. The molecule has 1 heterocycles. The fourth-order valence-electron chi connectivity index (χ4n) is 3.08. The zero-order chi connectivity index (χ0) is 15.7. The van der Waals surface area contributed by atoms with Gasteiger partial charge >= 0.3 is 0 Å². The molecule has 0 bridgehead atoms. The van der Waals surface area contributed by atoms with E-state index in [1.54, 1.807) is 0 Å². The lowest BCUT2D eigenvalue weighted by Crippen LogP contribution is -2.03. The molecule has 2 aromatic carbocycles. The molecule has 0 amide bonds. The molecule has 1 nitrogen and oxygen atoms in total. The fourth-order valence-corrected chi connectivity index (χ4v) is 3.08. The van der Waals surface area contributed by atoms with Crippen LogP contribution in [0.3, 0.4) is 0 Å². The summed E-state index contributed by atoms with van der Waals surface area (Å²) in [5.41, 5.74) is 4.25. The molecule has 3 rings (SSSR count). The molecule has 23 heavy (non-hydrogen) atoms. The predicted molar refractivity (Wildman–Crippen MR) is 96.5 cm³/mol. The summed E-state index contributed by atoms with van der Waals surface area (Å²) >= 11 is 0. The van der Waals surface area contributed by atoms with Gasteiger partial charge in [-0.1, -0.05) is 60.7 Å². The van der Waals surface area contributed by atoms with Crippen LogP contribution in [-0.4, -0.2) is 4.98 Å². The van der Waals surface area contributed by atoms with E-state index in [-0.39, 0.29) is 0 Å². The van der Waals surface area contributed by atoms with Crippen molar-refractivity contribution in [2.24, 2.45) is 0 Å². The van der Waals surface area contributed by atoms with E-state index in [0.29, 0.717) is 5.92 Å². The number of rotatable bonds is 7. The molecule has 0 aliphatic carbocycles. The Bertz CT molecular complexity index is 633. The van der Waals surface area contributed by atoms with Crippen LogP contribution in [0, 0.1) is 0 Å². The van der Waals surface area contributed by atoms with Gasteiger partial charge < -0.3 is 0 Å². The monoisotopic (exact) mass is 301 g/mol. The van der Waals surface area contributed by atoms with Gasteiger partial charge in [0.2, 0.25) is 0 Å². The number of aromatic nitrogens is 1. The second-order valence-corrected chi connectivity index (χ2v) is 6.03. The van der Waals surface area contributed by atoms with Gasteiger partial charge in [-0.3, -0.25) is 4.98 Å². The summed E-state index contributed by atoms with van der Waals surface area (Å²) in [6.07, 6.45) is 8.44. The molecule has 0 N–H and O–H groups in total. The maximum atomic E-state index is 4.16. The molecule has 0 saturated carbocycles. The van der Waals surface area contributed by atoms with E-state index in [1.807, 2.05) is 12.4 Å². The number of nitrogens with zero attached hydrogens (tertiary/aromatic N) is 1. The van der Waals surface area contributed by atoms with E-state index < -0.39 is 0 Å². The average Bonchev–Trinajstić information content (AvgIpc) is 2.64. The first-order valence-electron chi connectivity index (χ1n) is 8.39. The Morgan fingerprint density at radius 1 is 0.609 bits per heavy atom. The third-order valence-electron chi connectivity index (χ3n) is 4.43. The predicted octanol–water partition coefficient (Wildman–Crippen LogP) is 5.43. The van der Waals surface area contributed by atoms with Crippen molar-refractivity contribution in [2.45, 2.75) is 31.6 Å². The van der Waals surface area contributed by atoms with Gasteiger partial charge in [0.1, 0.15) is 0 Å². The average molecular weight is 301 g/mol. The normalized spacial score (nSPS) is 10.8. The minimum atomic E-state index is 0.582. The number of aryl methyl sites for hydroxylation is 2. The van der Waals surface area contributed by atoms with Gasteiger partial charge in [-0.25, -0.2) is 0 Å². The molecule has 0 aliphatic rings. The minimum Gasteiger partial charge on any atom is -0.265 e. The lowest BCUT2D eigenvalue weighted by molar-refractivity contribution is 0.576. The Morgan fingerprint density at radius 2 is 1.09 bits per heavy atom. The van der Waals surface area contributed by atoms with Crippen molar-refractivity contribution in [2.75, 3.05) is 0 Å². The zero-order valence-electron chi connectivity index (χ0n) is 13.4. The quantitative estimate of drug-likeness (QED) is 0.567.